The molecule has 0 amide bonds. The van der Waals surface area contributed by atoms with Crippen LogP contribution in [0.2, 0.25) is 5.02 Å². The summed E-state index contributed by atoms with van der Waals surface area (Å²) >= 11 is 6.06. The number of aromatic nitrogens is 4. The van der Waals surface area contributed by atoms with Gasteiger partial charge in [-0.15, -0.1) is 0 Å². The Hall–Kier alpha value is -3.48. The first-order chi connectivity index (χ1) is 16.1. The van der Waals surface area contributed by atoms with Crippen LogP contribution in [0.5, 0.6) is 0 Å². The number of halogens is 2. The van der Waals surface area contributed by atoms with Crippen LogP contribution in [0, 0.1) is 5.82 Å². The van der Waals surface area contributed by atoms with E-state index in [1.165, 1.54) is 12.1 Å². The van der Waals surface area contributed by atoms with Crippen molar-refractivity contribution >= 4 is 22.6 Å². The number of rotatable bonds is 7. The van der Waals surface area contributed by atoms with Crippen molar-refractivity contribution in [2.45, 2.75) is 13.0 Å². The SMILES string of the molecule is Cn1c(COCCc2cn(-c3ccc(Cl)cc3)c(-c3ccc(F)cc3)n2)nc2ccccc21. The van der Waals surface area contributed by atoms with E-state index in [1.807, 2.05) is 66.3 Å². The Morgan fingerprint density at radius 3 is 2.45 bits per heavy atom. The predicted molar refractivity (Wildman–Crippen MR) is 128 cm³/mol. The fourth-order valence-corrected chi connectivity index (χ4v) is 3.94. The zero-order valence-electron chi connectivity index (χ0n) is 18.1. The Balaban J connectivity index is 1.33. The summed E-state index contributed by atoms with van der Waals surface area (Å²) < 4.78 is 23.4. The Morgan fingerprint density at radius 2 is 1.70 bits per heavy atom. The van der Waals surface area contributed by atoms with Crippen LogP contribution < -0.4 is 0 Å². The molecule has 0 aliphatic heterocycles. The van der Waals surface area contributed by atoms with Gasteiger partial charge in [-0.3, -0.25) is 4.57 Å². The summed E-state index contributed by atoms with van der Waals surface area (Å²) in [6.07, 6.45) is 2.62. The molecule has 5 nitrogen and oxygen atoms in total. The summed E-state index contributed by atoms with van der Waals surface area (Å²) in [5, 5.41) is 0.665. The molecule has 0 bridgehead atoms. The van der Waals surface area contributed by atoms with Crippen molar-refractivity contribution in [3.05, 3.63) is 101 Å². The van der Waals surface area contributed by atoms with Gasteiger partial charge in [-0.1, -0.05) is 23.7 Å². The second-order valence-corrected chi connectivity index (χ2v) is 8.22. The number of aryl methyl sites for hydroxylation is 1. The van der Waals surface area contributed by atoms with Gasteiger partial charge in [-0.25, -0.2) is 14.4 Å². The molecular formula is C26H22ClFN4O. The Kier molecular flexibility index (Phi) is 5.94. The molecule has 0 spiro atoms. The molecule has 166 valence electrons. The second-order valence-electron chi connectivity index (χ2n) is 7.79. The van der Waals surface area contributed by atoms with E-state index >= 15 is 0 Å². The molecule has 0 N–H and O–H groups in total. The molecule has 5 aromatic rings. The predicted octanol–water partition coefficient (Wildman–Crippen LogP) is 5.98. The third-order valence-corrected chi connectivity index (χ3v) is 5.83. The maximum atomic E-state index is 13.5. The number of ether oxygens (including phenoxy) is 1. The molecule has 7 heteroatoms. The lowest BCUT2D eigenvalue weighted by Gasteiger charge is -2.08. The smallest absolute Gasteiger partial charge is 0.144 e. The van der Waals surface area contributed by atoms with E-state index in [4.69, 9.17) is 21.3 Å². The Labute approximate surface area is 196 Å². The average Bonchev–Trinajstić information content (AvgIpc) is 3.39. The molecule has 0 saturated carbocycles. The molecule has 2 heterocycles. The van der Waals surface area contributed by atoms with Crippen LogP contribution in [0.3, 0.4) is 0 Å². The molecule has 5 rings (SSSR count). The van der Waals surface area contributed by atoms with Crippen molar-refractivity contribution < 1.29 is 9.13 Å². The molecule has 33 heavy (non-hydrogen) atoms. The summed E-state index contributed by atoms with van der Waals surface area (Å²) in [6.45, 7) is 0.928. The van der Waals surface area contributed by atoms with Crippen LogP contribution in [0.25, 0.3) is 28.1 Å². The average molecular weight is 461 g/mol. The van der Waals surface area contributed by atoms with E-state index in [-0.39, 0.29) is 5.82 Å². The largest absolute Gasteiger partial charge is 0.373 e. The minimum absolute atomic E-state index is 0.279. The van der Waals surface area contributed by atoms with Crippen molar-refractivity contribution in [3.8, 4) is 17.1 Å². The fraction of sp³-hybridized carbons (Fsp3) is 0.154. The van der Waals surface area contributed by atoms with Crippen LogP contribution in [0.15, 0.2) is 79.0 Å². The van der Waals surface area contributed by atoms with Crippen LogP contribution in [-0.2, 0) is 24.8 Å². The zero-order valence-corrected chi connectivity index (χ0v) is 18.8. The number of benzene rings is 3. The lowest BCUT2D eigenvalue weighted by atomic mass is 10.2. The molecule has 0 saturated heterocycles. The van der Waals surface area contributed by atoms with E-state index in [0.717, 1.165) is 39.6 Å². The lowest BCUT2D eigenvalue weighted by molar-refractivity contribution is 0.116. The maximum absolute atomic E-state index is 13.5. The van der Waals surface area contributed by atoms with Crippen molar-refractivity contribution in [1.82, 2.24) is 19.1 Å². The summed E-state index contributed by atoms with van der Waals surface area (Å²) in [5.41, 5.74) is 4.69. The normalized spacial score (nSPS) is 11.4. The fourth-order valence-electron chi connectivity index (χ4n) is 3.82. The van der Waals surface area contributed by atoms with Crippen LogP contribution in [-0.4, -0.2) is 25.7 Å². The number of fused-ring (bicyclic) bond motifs is 1. The molecule has 0 unspecified atom stereocenters. The van der Waals surface area contributed by atoms with Gasteiger partial charge in [0.05, 0.1) is 23.3 Å². The van der Waals surface area contributed by atoms with E-state index < -0.39 is 0 Å². The van der Waals surface area contributed by atoms with Crippen LogP contribution >= 0.6 is 11.6 Å². The molecule has 0 radical (unpaired) electrons. The third kappa shape index (κ3) is 4.53. The Morgan fingerprint density at radius 1 is 0.939 bits per heavy atom. The number of para-hydroxylation sites is 2. The minimum atomic E-state index is -0.279. The lowest BCUT2D eigenvalue weighted by Crippen LogP contribution is -2.04. The monoisotopic (exact) mass is 460 g/mol. The first-order valence-corrected chi connectivity index (χ1v) is 11.0. The van der Waals surface area contributed by atoms with Gasteiger partial charge in [0.25, 0.3) is 0 Å². The van der Waals surface area contributed by atoms with Crippen molar-refractivity contribution in [2.75, 3.05) is 6.61 Å². The van der Waals surface area contributed by atoms with E-state index in [2.05, 4.69) is 9.55 Å². The molecule has 2 aromatic heterocycles. The second kappa shape index (κ2) is 9.17. The van der Waals surface area contributed by atoms with Gasteiger partial charge in [0, 0.05) is 35.9 Å². The number of hydrogen-bond acceptors (Lipinski definition) is 3. The van der Waals surface area contributed by atoms with Gasteiger partial charge in [-0.2, -0.15) is 0 Å². The van der Waals surface area contributed by atoms with Gasteiger partial charge in [-0.05, 0) is 60.7 Å². The number of hydrogen-bond donors (Lipinski definition) is 0. The molecule has 0 aliphatic carbocycles. The maximum Gasteiger partial charge on any atom is 0.144 e. The standard InChI is InChI=1S/C26H22ClFN4O/c1-31-24-5-3-2-4-23(24)30-25(31)17-33-15-14-21-16-32(22-12-8-19(27)9-13-22)26(29-21)18-6-10-20(28)11-7-18/h2-13,16H,14-15,17H2,1H3. The van der Waals surface area contributed by atoms with Gasteiger partial charge < -0.3 is 9.30 Å². The zero-order chi connectivity index (χ0) is 22.8. The first-order valence-electron chi connectivity index (χ1n) is 10.7. The quantitative estimate of drug-likeness (QED) is 0.281. The number of nitrogens with zero attached hydrogens (tertiary/aromatic N) is 4. The van der Waals surface area contributed by atoms with Gasteiger partial charge >= 0.3 is 0 Å². The molecular weight excluding hydrogens is 439 g/mol. The van der Waals surface area contributed by atoms with Gasteiger partial charge in [0.2, 0.25) is 0 Å². The van der Waals surface area contributed by atoms with Crippen LogP contribution in [0.1, 0.15) is 11.5 Å². The third-order valence-electron chi connectivity index (χ3n) is 5.58. The van der Waals surface area contributed by atoms with Gasteiger partial charge in [0.1, 0.15) is 24.1 Å². The summed E-state index contributed by atoms with van der Waals surface area (Å²) in [4.78, 5) is 9.46. The van der Waals surface area contributed by atoms with E-state index in [9.17, 15) is 4.39 Å². The van der Waals surface area contributed by atoms with Crippen molar-refractivity contribution in [2.24, 2.45) is 7.05 Å². The highest BCUT2D eigenvalue weighted by atomic mass is 35.5. The van der Waals surface area contributed by atoms with Crippen molar-refractivity contribution in [1.29, 1.82) is 0 Å². The topological polar surface area (TPSA) is 44.9 Å². The highest BCUT2D eigenvalue weighted by Crippen LogP contribution is 2.25. The summed E-state index contributed by atoms with van der Waals surface area (Å²) in [5.74, 6) is 1.34. The Bertz CT molecular complexity index is 1330. The molecule has 0 aliphatic rings. The van der Waals surface area contributed by atoms with Gasteiger partial charge in [0.15, 0.2) is 0 Å². The summed E-state index contributed by atoms with van der Waals surface area (Å²) in [7, 11) is 2.00. The molecule has 3 aromatic carbocycles. The minimum Gasteiger partial charge on any atom is -0.373 e. The van der Waals surface area contributed by atoms with Crippen LogP contribution in [0.4, 0.5) is 4.39 Å². The summed E-state index contributed by atoms with van der Waals surface area (Å²) in [6, 6.07) is 21.9. The van der Waals surface area contributed by atoms with E-state index in [1.54, 1.807) is 12.1 Å². The molecule has 0 atom stereocenters. The molecule has 0 fully saturated rings. The van der Waals surface area contributed by atoms with Crippen molar-refractivity contribution in [3.63, 3.8) is 0 Å². The highest BCUT2D eigenvalue weighted by Gasteiger charge is 2.13. The van der Waals surface area contributed by atoms with E-state index in [0.29, 0.717) is 24.7 Å². The highest BCUT2D eigenvalue weighted by molar-refractivity contribution is 6.30. The number of imidazole rings is 2. The first kappa shape index (κ1) is 21.4.